The smallest absolute Gasteiger partial charge is 0.313 e. The monoisotopic (exact) mass is 679 g/mol. The third-order valence-electron chi connectivity index (χ3n) is 12.4. The van der Waals surface area contributed by atoms with Crippen molar-refractivity contribution in [3.05, 3.63) is 120 Å². The largest absolute Gasteiger partial charge is 0.461 e. The summed E-state index contributed by atoms with van der Waals surface area (Å²) in [6.45, 7) is 6.90. The quantitative estimate of drug-likeness (QED) is 0.0835. The zero-order chi connectivity index (χ0) is 35.5. The molecule has 0 amide bonds. The number of halogens is 1. The van der Waals surface area contributed by atoms with Gasteiger partial charge < -0.3 is 4.74 Å². The number of Topliss-reactive ketones (excluding diaryl/α,β-unsaturated/α-hetero) is 1. The van der Waals surface area contributed by atoms with Gasteiger partial charge in [0.2, 0.25) is 0 Å². The molecule has 0 N–H and O–H groups in total. The number of fused-ring (bicyclic) bond motifs is 4. The Morgan fingerprint density at radius 1 is 0.843 bits per heavy atom. The SMILES string of the molecule is CC1(C)C2CC[C@@]1(C)C(c1cccc3ccccc13)C2OC(=O)CC(=O)CC(=O)C=Cc1c(C2CC2)nc2ccccc2c1-c1ccc(F)cc1. The summed E-state index contributed by atoms with van der Waals surface area (Å²) in [7, 11) is 0. The zero-order valence-electron chi connectivity index (χ0n) is 29.3. The normalized spacial score (nSPS) is 23.6. The highest BCUT2D eigenvalue weighted by molar-refractivity contribution is 6.11. The van der Waals surface area contributed by atoms with E-state index in [9.17, 15) is 18.8 Å². The van der Waals surface area contributed by atoms with Gasteiger partial charge in [0.25, 0.3) is 0 Å². The fourth-order valence-corrected chi connectivity index (χ4v) is 9.34. The number of para-hydroxylation sites is 1. The van der Waals surface area contributed by atoms with E-state index < -0.39 is 30.4 Å². The summed E-state index contributed by atoms with van der Waals surface area (Å²) in [5.74, 6) is -1.33. The van der Waals surface area contributed by atoms with E-state index >= 15 is 0 Å². The van der Waals surface area contributed by atoms with Crippen molar-refractivity contribution in [3.8, 4) is 11.1 Å². The second-order valence-electron chi connectivity index (χ2n) is 15.6. The van der Waals surface area contributed by atoms with Gasteiger partial charge in [0, 0.05) is 34.3 Å². The van der Waals surface area contributed by atoms with Crippen molar-refractivity contribution in [2.45, 2.75) is 77.2 Å². The average molecular weight is 680 g/mol. The van der Waals surface area contributed by atoms with E-state index in [0.29, 0.717) is 0 Å². The number of esters is 1. The number of pyridine rings is 1. The second kappa shape index (κ2) is 12.7. The molecule has 51 heavy (non-hydrogen) atoms. The van der Waals surface area contributed by atoms with Gasteiger partial charge in [-0.1, -0.05) is 93.6 Å². The number of aromatic nitrogens is 1. The highest BCUT2D eigenvalue weighted by Crippen LogP contribution is 2.72. The van der Waals surface area contributed by atoms with Crippen LogP contribution in [0.15, 0.2) is 97.1 Å². The first-order valence-corrected chi connectivity index (χ1v) is 18.1. The second-order valence-corrected chi connectivity index (χ2v) is 15.6. The number of ether oxygens (including phenoxy) is 1. The first-order chi connectivity index (χ1) is 24.5. The maximum atomic E-state index is 13.9. The fraction of sp³-hybridized carbons (Fsp3) is 0.333. The molecule has 0 aliphatic heterocycles. The fourth-order valence-electron chi connectivity index (χ4n) is 9.34. The molecule has 8 rings (SSSR count). The lowest BCUT2D eigenvalue weighted by molar-refractivity contribution is -0.155. The molecule has 5 nitrogen and oxygen atoms in total. The van der Waals surface area contributed by atoms with Gasteiger partial charge >= 0.3 is 5.97 Å². The number of rotatable bonds is 10. The molecule has 3 aliphatic rings. The van der Waals surface area contributed by atoms with Gasteiger partial charge in [0.05, 0.1) is 17.6 Å². The van der Waals surface area contributed by atoms with Gasteiger partial charge in [0.1, 0.15) is 18.3 Å². The molecule has 4 atom stereocenters. The maximum Gasteiger partial charge on any atom is 0.313 e. The van der Waals surface area contributed by atoms with Crippen molar-refractivity contribution in [1.29, 1.82) is 0 Å². The number of allylic oxidation sites excluding steroid dienone is 1. The number of hydrogen-bond acceptors (Lipinski definition) is 5. The lowest BCUT2D eigenvalue weighted by atomic mass is 9.64. The van der Waals surface area contributed by atoms with Gasteiger partial charge in [-0.25, -0.2) is 4.39 Å². The van der Waals surface area contributed by atoms with Crippen molar-refractivity contribution in [2.24, 2.45) is 16.7 Å². The predicted octanol–water partition coefficient (Wildman–Crippen LogP) is 10.2. The van der Waals surface area contributed by atoms with Crippen molar-refractivity contribution in [1.82, 2.24) is 4.98 Å². The third-order valence-corrected chi connectivity index (χ3v) is 12.4. The van der Waals surface area contributed by atoms with Crippen molar-refractivity contribution in [3.63, 3.8) is 0 Å². The Balaban J connectivity index is 1.01. The molecule has 3 fully saturated rings. The van der Waals surface area contributed by atoms with Crippen LogP contribution in [-0.2, 0) is 19.1 Å². The molecule has 4 aromatic carbocycles. The van der Waals surface area contributed by atoms with Crippen molar-refractivity contribution < 1.29 is 23.5 Å². The Bertz CT molecular complexity index is 2230. The Morgan fingerprint density at radius 3 is 2.31 bits per heavy atom. The molecule has 258 valence electrons. The molecular weight excluding hydrogens is 637 g/mol. The molecule has 6 heteroatoms. The minimum atomic E-state index is -0.577. The molecule has 0 spiro atoms. The number of ketones is 2. The molecular formula is C45H42FNO4. The Kier molecular flexibility index (Phi) is 8.24. The van der Waals surface area contributed by atoms with Gasteiger partial charge in [-0.2, -0.15) is 0 Å². The Labute approximate surface area is 297 Å². The topological polar surface area (TPSA) is 73.3 Å². The standard InChI is InChI=1S/C45H42FNO4/c1-44(2)37-23-24-45(44,3)41(34-13-8-10-27-9-4-5-11-33(27)34)43(37)51-39(50)26-32(49)25-31(48)21-22-36-40(28-17-19-30(46)20-18-28)35-12-6-7-14-38(35)47-42(36)29-15-16-29/h4-14,17-22,29,37,41,43H,15-16,23-26H2,1-3H3/t37?,41?,43?,45-/m0/s1. The number of carbonyl (C=O) groups is 3. The van der Waals surface area contributed by atoms with Crippen LogP contribution in [0.4, 0.5) is 4.39 Å². The summed E-state index contributed by atoms with van der Waals surface area (Å²) in [6, 6.07) is 28.8. The van der Waals surface area contributed by atoms with E-state index in [4.69, 9.17) is 9.72 Å². The van der Waals surface area contributed by atoms with E-state index in [0.717, 1.165) is 69.7 Å². The van der Waals surface area contributed by atoms with Crippen LogP contribution in [0, 0.1) is 22.6 Å². The minimum absolute atomic E-state index is 0.00695. The highest BCUT2D eigenvalue weighted by atomic mass is 19.1. The predicted molar refractivity (Wildman–Crippen MR) is 199 cm³/mol. The molecule has 1 aromatic heterocycles. The Morgan fingerprint density at radius 2 is 1.55 bits per heavy atom. The summed E-state index contributed by atoms with van der Waals surface area (Å²) in [6.07, 6.45) is 5.97. The van der Waals surface area contributed by atoms with Crippen molar-refractivity contribution in [2.75, 3.05) is 0 Å². The Hall–Kier alpha value is -4.97. The van der Waals surface area contributed by atoms with Crippen LogP contribution in [0.3, 0.4) is 0 Å². The first-order valence-electron chi connectivity index (χ1n) is 18.1. The van der Waals surface area contributed by atoms with E-state index in [2.05, 4.69) is 51.1 Å². The lowest BCUT2D eigenvalue weighted by Gasteiger charge is -2.40. The summed E-state index contributed by atoms with van der Waals surface area (Å²) in [5.41, 5.74) is 5.28. The molecule has 2 bridgehead atoms. The molecule has 5 aromatic rings. The molecule has 0 saturated heterocycles. The van der Waals surface area contributed by atoms with Crippen LogP contribution in [0.5, 0.6) is 0 Å². The molecule has 3 unspecified atom stereocenters. The summed E-state index contributed by atoms with van der Waals surface area (Å²) in [5, 5.41) is 3.22. The van der Waals surface area contributed by atoms with Crippen LogP contribution in [0.1, 0.15) is 88.0 Å². The first kappa shape index (κ1) is 33.2. The van der Waals surface area contributed by atoms with Gasteiger partial charge in [-0.05, 0) is 88.8 Å². The van der Waals surface area contributed by atoms with E-state index in [-0.39, 0.29) is 40.5 Å². The van der Waals surface area contributed by atoms with E-state index in [1.54, 1.807) is 18.2 Å². The minimum Gasteiger partial charge on any atom is -0.461 e. The van der Waals surface area contributed by atoms with Crippen LogP contribution in [0.2, 0.25) is 0 Å². The zero-order valence-corrected chi connectivity index (χ0v) is 29.3. The average Bonchev–Trinajstić information content (AvgIpc) is 3.91. The van der Waals surface area contributed by atoms with Crippen LogP contribution in [-0.4, -0.2) is 28.6 Å². The summed E-state index contributed by atoms with van der Waals surface area (Å²) < 4.78 is 20.2. The van der Waals surface area contributed by atoms with Gasteiger partial charge in [-0.3, -0.25) is 19.4 Å². The van der Waals surface area contributed by atoms with E-state index in [1.165, 1.54) is 23.8 Å². The summed E-state index contributed by atoms with van der Waals surface area (Å²) >= 11 is 0. The van der Waals surface area contributed by atoms with Gasteiger partial charge in [-0.15, -0.1) is 0 Å². The van der Waals surface area contributed by atoms with Crippen LogP contribution < -0.4 is 0 Å². The molecule has 3 saturated carbocycles. The summed E-state index contributed by atoms with van der Waals surface area (Å²) in [4.78, 5) is 44.9. The number of carbonyl (C=O) groups excluding carboxylic acids is 3. The van der Waals surface area contributed by atoms with Crippen LogP contribution >= 0.6 is 0 Å². The highest BCUT2D eigenvalue weighted by Gasteiger charge is 2.67. The van der Waals surface area contributed by atoms with Gasteiger partial charge in [0.15, 0.2) is 11.6 Å². The third kappa shape index (κ3) is 5.79. The maximum absolute atomic E-state index is 13.9. The number of benzene rings is 4. The number of nitrogens with zero attached hydrogens (tertiary/aromatic N) is 1. The molecule has 3 aliphatic carbocycles. The molecule has 0 radical (unpaired) electrons. The van der Waals surface area contributed by atoms with Crippen LogP contribution in [0.25, 0.3) is 38.9 Å². The lowest BCUT2D eigenvalue weighted by Crippen LogP contribution is -2.35. The van der Waals surface area contributed by atoms with Crippen molar-refractivity contribution >= 4 is 45.3 Å². The van der Waals surface area contributed by atoms with E-state index in [1.807, 2.05) is 36.4 Å². The molecule has 1 heterocycles. The number of hydrogen-bond donors (Lipinski definition) is 0.